The molecular formula is C19H18N4O4. The number of imide groups is 1. The molecule has 1 aromatic carbocycles. The molecule has 0 bridgehead atoms. The fourth-order valence-corrected chi connectivity index (χ4v) is 3.56. The number of amides is 3. The Kier molecular flexibility index (Phi) is 4.02. The van der Waals surface area contributed by atoms with Gasteiger partial charge in [-0.25, -0.2) is 0 Å². The van der Waals surface area contributed by atoms with Crippen molar-refractivity contribution < 1.29 is 14.4 Å². The van der Waals surface area contributed by atoms with E-state index in [1.807, 2.05) is 4.90 Å². The molecule has 0 aliphatic carbocycles. The zero-order valence-corrected chi connectivity index (χ0v) is 14.5. The molecule has 2 aliphatic heterocycles. The summed E-state index contributed by atoms with van der Waals surface area (Å²) in [5.74, 6) is -1.23. The number of hydrogen-bond donors (Lipinski definition) is 2. The minimum absolute atomic E-state index is 0.00730. The van der Waals surface area contributed by atoms with Crippen LogP contribution < -0.4 is 16.6 Å². The predicted molar refractivity (Wildman–Crippen MR) is 97.8 cm³/mol. The topological polar surface area (TPSA) is 114 Å². The van der Waals surface area contributed by atoms with Gasteiger partial charge in [-0.15, -0.1) is 0 Å². The lowest BCUT2D eigenvalue weighted by atomic mass is 10.1. The summed E-state index contributed by atoms with van der Waals surface area (Å²) < 4.78 is 1.18. The number of rotatable bonds is 3. The molecule has 0 spiro atoms. The Balaban J connectivity index is 1.64. The SMILES string of the molecule is Nc1c2c(cc(=O)n1-c1ccc(CC(=O)N3CCCC3)cc1)C(=O)NC2=O. The Hall–Kier alpha value is -3.42. The van der Waals surface area contributed by atoms with Crippen molar-refractivity contribution in [1.82, 2.24) is 14.8 Å². The van der Waals surface area contributed by atoms with Gasteiger partial charge in [0.1, 0.15) is 5.82 Å². The molecule has 3 amide bonds. The summed E-state index contributed by atoms with van der Waals surface area (Å²) in [5.41, 5.74) is 6.80. The molecule has 2 aromatic rings. The van der Waals surface area contributed by atoms with Crippen LogP contribution in [0.4, 0.5) is 5.82 Å². The number of aromatic nitrogens is 1. The molecule has 1 fully saturated rings. The van der Waals surface area contributed by atoms with Gasteiger partial charge in [0.2, 0.25) is 5.91 Å². The van der Waals surface area contributed by atoms with E-state index in [2.05, 4.69) is 5.32 Å². The van der Waals surface area contributed by atoms with Crippen LogP contribution in [0.15, 0.2) is 35.1 Å². The van der Waals surface area contributed by atoms with Crippen molar-refractivity contribution in [3.05, 3.63) is 57.4 Å². The monoisotopic (exact) mass is 366 g/mol. The van der Waals surface area contributed by atoms with Gasteiger partial charge in [0.05, 0.1) is 23.2 Å². The molecule has 4 rings (SSSR count). The van der Waals surface area contributed by atoms with Gasteiger partial charge in [-0.3, -0.25) is 29.1 Å². The van der Waals surface area contributed by atoms with Crippen LogP contribution in [0.25, 0.3) is 5.69 Å². The number of hydrogen-bond acceptors (Lipinski definition) is 5. The van der Waals surface area contributed by atoms with Crippen molar-refractivity contribution in [3.8, 4) is 5.69 Å². The Morgan fingerprint density at radius 1 is 1.04 bits per heavy atom. The Morgan fingerprint density at radius 2 is 1.70 bits per heavy atom. The number of fused-ring (bicyclic) bond motifs is 1. The lowest BCUT2D eigenvalue weighted by molar-refractivity contribution is -0.129. The molecule has 8 heteroatoms. The fourth-order valence-electron chi connectivity index (χ4n) is 3.56. The molecule has 3 N–H and O–H groups in total. The van der Waals surface area contributed by atoms with E-state index in [4.69, 9.17) is 5.73 Å². The van der Waals surface area contributed by atoms with E-state index in [1.54, 1.807) is 24.3 Å². The standard InChI is InChI=1S/C19H18N4O4/c20-17-16-13(18(26)21-19(16)27)10-15(25)23(17)12-5-3-11(4-6-12)9-14(24)22-7-1-2-8-22/h3-6,10H,1-2,7-9,20H2,(H,21,26,27). The van der Waals surface area contributed by atoms with Gasteiger partial charge in [0, 0.05) is 19.2 Å². The highest BCUT2D eigenvalue weighted by molar-refractivity contribution is 6.23. The number of anilines is 1. The molecule has 3 heterocycles. The summed E-state index contributed by atoms with van der Waals surface area (Å²) in [6.45, 7) is 1.61. The average molecular weight is 366 g/mol. The van der Waals surface area contributed by atoms with Crippen LogP contribution in [-0.4, -0.2) is 40.3 Å². The van der Waals surface area contributed by atoms with E-state index >= 15 is 0 Å². The molecule has 2 aliphatic rings. The van der Waals surface area contributed by atoms with Crippen molar-refractivity contribution in [2.75, 3.05) is 18.8 Å². The van der Waals surface area contributed by atoms with E-state index in [1.165, 1.54) is 4.57 Å². The minimum atomic E-state index is -0.623. The highest BCUT2D eigenvalue weighted by atomic mass is 16.2. The molecule has 1 saturated heterocycles. The Morgan fingerprint density at radius 3 is 2.37 bits per heavy atom. The molecule has 0 saturated carbocycles. The minimum Gasteiger partial charge on any atom is -0.384 e. The van der Waals surface area contributed by atoms with Gasteiger partial charge >= 0.3 is 0 Å². The zero-order chi connectivity index (χ0) is 19.1. The quantitative estimate of drug-likeness (QED) is 0.767. The van der Waals surface area contributed by atoms with Crippen LogP contribution in [0.3, 0.4) is 0 Å². The number of nitrogen functional groups attached to an aromatic ring is 1. The zero-order valence-electron chi connectivity index (χ0n) is 14.5. The van der Waals surface area contributed by atoms with Crippen molar-refractivity contribution in [2.45, 2.75) is 19.3 Å². The molecule has 27 heavy (non-hydrogen) atoms. The van der Waals surface area contributed by atoms with Gasteiger partial charge in [-0.2, -0.15) is 0 Å². The van der Waals surface area contributed by atoms with E-state index in [9.17, 15) is 19.2 Å². The van der Waals surface area contributed by atoms with Crippen LogP contribution >= 0.6 is 0 Å². The lowest BCUT2D eigenvalue weighted by Crippen LogP contribution is -2.29. The van der Waals surface area contributed by atoms with Crippen molar-refractivity contribution >= 4 is 23.5 Å². The van der Waals surface area contributed by atoms with E-state index < -0.39 is 17.4 Å². The van der Waals surface area contributed by atoms with Crippen LogP contribution in [0, 0.1) is 0 Å². The van der Waals surface area contributed by atoms with Crippen molar-refractivity contribution in [1.29, 1.82) is 0 Å². The number of likely N-dealkylation sites (tertiary alicyclic amines) is 1. The first-order chi connectivity index (χ1) is 13.0. The first-order valence-electron chi connectivity index (χ1n) is 8.74. The summed E-state index contributed by atoms with van der Waals surface area (Å²) in [4.78, 5) is 50.2. The summed E-state index contributed by atoms with van der Waals surface area (Å²) in [7, 11) is 0. The smallest absolute Gasteiger partial charge is 0.262 e. The Bertz CT molecular complexity index is 1020. The molecule has 8 nitrogen and oxygen atoms in total. The van der Waals surface area contributed by atoms with Gasteiger partial charge < -0.3 is 10.6 Å². The van der Waals surface area contributed by atoms with E-state index in [0.29, 0.717) is 12.1 Å². The summed E-state index contributed by atoms with van der Waals surface area (Å²) in [6, 6.07) is 7.97. The lowest BCUT2D eigenvalue weighted by Gasteiger charge is -2.15. The second-order valence-corrected chi connectivity index (χ2v) is 6.71. The highest BCUT2D eigenvalue weighted by Gasteiger charge is 2.31. The molecule has 0 unspecified atom stereocenters. The summed E-state index contributed by atoms with van der Waals surface area (Å²) in [5, 5.41) is 2.13. The van der Waals surface area contributed by atoms with Crippen LogP contribution in [-0.2, 0) is 11.2 Å². The predicted octanol–water partition coefficient (Wildman–Crippen LogP) is 0.468. The molecule has 138 valence electrons. The third kappa shape index (κ3) is 2.88. The van der Waals surface area contributed by atoms with Gasteiger partial charge in [0.25, 0.3) is 17.4 Å². The molecule has 0 atom stereocenters. The maximum Gasteiger partial charge on any atom is 0.262 e. The number of nitrogens with one attached hydrogen (secondary N) is 1. The number of carbonyl (C=O) groups excluding carboxylic acids is 3. The largest absolute Gasteiger partial charge is 0.384 e. The third-order valence-corrected chi connectivity index (χ3v) is 4.96. The van der Waals surface area contributed by atoms with E-state index in [0.717, 1.165) is 37.6 Å². The molecular weight excluding hydrogens is 348 g/mol. The van der Waals surface area contributed by atoms with Crippen LogP contribution in [0.2, 0.25) is 0 Å². The summed E-state index contributed by atoms with van der Waals surface area (Å²) in [6.07, 6.45) is 2.38. The first-order valence-corrected chi connectivity index (χ1v) is 8.74. The van der Waals surface area contributed by atoms with Gasteiger partial charge in [-0.05, 0) is 30.5 Å². The maximum atomic E-state index is 12.4. The van der Waals surface area contributed by atoms with Gasteiger partial charge in [-0.1, -0.05) is 12.1 Å². The van der Waals surface area contributed by atoms with Gasteiger partial charge in [0.15, 0.2) is 0 Å². The normalized spacial score (nSPS) is 15.8. The van der Waals surface area contributed by atoms with Crippen LogP contribution in [0.1, 0.15) is 39.1 Å². The van der Waals surface area contributed by atoms with Crippen molar-refractivity contribution in [2.24, 2.45) is 0 Å². The highest BCUT2D eigenvalue weighted by Crippen LogP contribution is 2.23. The number of pyridine rings is 1. The maximum absolute atomic E-state index is 12.4. The summed E-state index contributed by atoms with van der Waals surface area (Å²) >= 11 is 0. The molecule has 1 aromatic heterocycles. The average Bonchev–Trinajstić information content (AvgIpc) is 3.25. The number of nitrogens with two attached hydrogens (primary N) is 1. The molecule has 0 radical (unpaired) electrons. The number of carbonyl (C=O) groups is 3. The third-order valence-electron chi connectivity index (χ3n) is 4.96. The number of nitrogens with zero attached hydrogens (tertiary/aromatic N) is 2. The second-order valence-electron chi connectivity index (χ2n) is 6.71. The first kappa shape index (κ1) is 17.0. The second kappa shape index (κ2) is 6.39. The van der Waals surface area contributed by atoms with E-state index in [-0.39, 0.29) is 22.9 Å². The van der Waals surface area contributed by atoms with Crippen LogP contribution in [0.5, 0.6) is 0 Å². The fraction of sp³-hybridized carbons (Fsp3) is 0.263. The number of benzene rings is 1. The van der Waals surface area contributed by atoms with Crippen molar-refractivity contribution in [3.63, 3.8) is 0 Å². The Labute approximate surface area is 154 Å².